The lowest BCUT2D eigenvalue weighted by atomic mass is 10.1. The van der Waals surface area contributed by atoms with Gasteiger partial charge in [0.1, 0.15) is 5.75 Å². The molecule has 4 rings (SSSR count). The van der Waals surface area contributed by atoms with Gasteiger partial charge in [0.2, 0.25) is 0 Å². The van der Waals surface area contributed by atoms with Crippen molar-refractivity contribution in [2.24, 2.45) is 7.05 Å². The summed E-state index contributed by atoms with van der Waals surface area (Å²) in [4.78, 5) is 14.0. The number of nitrogens with one attached hydrogen (secondary N) is 1. The summed E-state index contributed by atoms with van der Waals surface area (Å²) in [5.74, 6) is 1.53. The van der Waals surface area contributed by atoms with Gasteiger partial charge >= 0.3 is 0 Å². The van der Waals surface area contributed by atoms with E-state index in [2.05, 4.69) is 22.5 Å². The van der Waals surface area contributed by atoms with Crippen molar-refractivity contribution in [3.05, 3.63) is 65.4 Å². The smallest absolute Gasteiger partial charge is 0.272 e. The zero-order chi connectivity index (χ0) is 19.5. The quantitative estimate of drug-likeness (QED) is 0.686. The number of ether oxygens (including phenoxy) is 1. The van der Waals surface area contributed by atoms with Crippen LogP contribution in [0.3, 0.4) is 0 Å². The van der Waals surface area contributed by atoms with E-state index in [1.807, 2.05) is 55.1 Å². The number of benzene rings is 2. The van der Waals surface area contributed by atoms with Crippen molar-refractivity contribution in [1.29, 1.82) is 0 Å². The third-order valence-electron chi connectivity index (χ3n) is 4.81. The Morgan fingerprint density at radius 3 is 2.79 bits per heavy atom. The number of fused-ring (bicyclic) bond motifs is 3. The van der Waals surface area contributed by atoms with Crippen LogP contribution in [0.5, 0.6) is 5.75 Å². The van der Waals surface area contributed by atoms with Gasteiger partial charge in [-0.25, -0.2) is 0 Å². The van der Waals surface area contributed by atoms with E-state index in [0.29, 0.717) is 18.8 Å². The Labute approximate surface area is 169 Å². The molecule has 0 saturated carbocycles. The molecule has 0 radical (unpaired) electrons. The van der Waals surface area contributed by atoms with Crippen LogP contribution in [0.15, 0.2) is 53.4 Å². The molecule has 0 saturated heterocycles. The Morgan fingerprint density at radius 2 is 2.00 bits per heavy atom. The van der Waals surface area contributed by atoms with Gasteiger partial charge in [0.05, 0.1) is 12.3 Å². The van der Waals surface area contributed by atoms with E-state index in [4.69, 9.17) is 4.74 Å². The van der Waals surface area contributed by atoms with Gasteiger partial charge in [-0.2, -0.15) is 5.10 Å². The fourth-order valence-electron chi connectivity index (χ4n) is 3.49. The summed E-state index contributed by atoms with van der Waals surface area (Å²) in [5.41, 5.74) is 4.91. The number of rotatable bonds is 6. The number of hydrogen-bond donors (Lipinski definition) is 1. The molecular formula is C22H23N3O2S. The first kappa shape index (κ1) is 18.6. The molecule has 1 amide bonds. The number of aryl methyl sites for hydroxylation is 1. The van der Waals surface area contributed by atoms with Crippen molar-refractivity contribution in [3.8, 4) is 17.0 Å². The molecule has 6 heteroatoms. The second-order valence-corrected chi connectivity index (χ2v) is 7.68. The molecule has 0 atom stereocenters. The SMILES string of the molecule is CCOc1ccc(CCNC(=O)c2nn(C)c3c2CSc2ccccc2-3)cc1. The number of thioether (sulfide) groups is 1. The predicted molar refractivity (Wildman–Crippen MR) is 112 cm³/mol. The molecule has 2 aromatic carbocycles. The summed E-state index contributed by atoms with van der Waals surface area (Å²) < 4.78 is 7.29. The van der Waals surface area contributed by atoms with E-state index in [-0.39, 0.29) is 5.91 Å². The molecule has 1 aliphatic heterocycles. The van der Waals surface area contributed by atoms with Crippen LogP contribution in [-0.2, 0) is 19.2 Å². The van der Waals surface area contributed by atoms with Gasteiger partial charge in [-0.3, -0.25) is 9.48 Å². The molecule has 5 nitrogen and oxygen atoms in total. The van der Waals surface area contributed by atoms with Gasteiger partial charge in [0.25, 0.3) is 5.91 Å². The number of aromatic nitrogens is 2. The summed E-state index contributed by atoms with van der Waals surface area (Å²) in [6.45, 7) is 3.20. The van der Waals surface area contributed by atoms with Gasteiger partial charge in [0, 0.05) is 35.4 Å². The number of carbonyl (C=O) groups excluding carboxylic acids is 1. The largest absolute Gasteiger partial charge is 0.494 e. The summed E-state index contributed by atoms with van der Waals surface area (Å²) in [6, 6.07) is 16.3. The first-order valence-electron chi connectivity index (χ1n) is 9.45. The molecule has 2 heterocycles. The predicted octanol–water partition coefficient (Wildman–Crippen LogP) is 4.06. The molecule has 1 aromatic heterocycles. The average Bonchev–Trinajstić information content (AvgIpc) is 3.07. The van der Waals surface area contributed by atoms with E-state index in [9.17, 15) is 4.79 Å². The Balaban J connectivity index is 1.44. The standard InChI is InChI=1S/C22H23N3O2S/c1-3-27-16-10-8-15(9-11-16)12-13-23-22(26)20-18-14-28-19-7-5-4-6-17(19)21(18)25(2)24-20/h4-11H,3,12-14H2,1-2H3,(H,23,26). The van der Waals surface area contributed by atoms with Crippen molar-refractivity contribution < 1.29 is 9.53 Å². The molecular weight excluding hydrogens is 370 g/mol. The Hall–Kier alpha value is -2.73. The van der Waals surface area contributed by atoms with Gasteiger partial charge in [-0.05, 0) is 37.1 Å². The van der Waals surface area contributed by atoms with Crippen molar-refractivity contribution in [1.82, 2.24) is 15.1 Å². The van der Waals surface area contributed by atoms with Crippen molar-refractivity contribution >= 4 is 17.7 Å². The minimum absolute atomic E-state index is 0.109. The zero-order valence-corrected chi connectivity index (χ0v) is 16.9. The monoisotopic (exact) mass is 393 g/mol. The van der Waals surface area contributed by atoms with Gasteiger partial charge in [-0.1, -0.05) is 30.3 Å². The second-order valence-electron chi connectivity index (χ2n) is 6.67. The molecule has 1 N–H and O–H groups in total. The maximum atomic E-state index is 12.8. The lowest BCUT2D eigenvalue weighted by Crippen LogP contribution is -2.27. The third-order valence-corrected chi connectivity index (χ3v) is 5.91. The second kappa shape index (κ2) is 8.10. The molecule has 28 heavy (non-hydrogen) atoms. The molecule has 0 aliphatic carbocycles. The lowest BCUT2D eigenvalue weighted by Gasteiger charge is -2.16. The average molecular weight is 394 g/mol. The van der Waals surface area contributed by atoms with Crippen molar-refractivity contribution in [2.75, 3.05) is 13.2 Å². The van der Waals surface area contributed by atoms with Gasteiger partial charge in [-0.15, -0.1) is 11.8 Å². The number of hydrogen-bond acceptors (Lipinski definition) is 4. The number of nitrogens with zero attached hydrogens (tertiary/aromatic N) is 2. The van der Waals surface area contributed by atoms with E-state index in [0.717, 1.165) is 40.3 Å². The topological polar surface area (TPSA) is 56.1 Å². The van der Waals surface area contributed by atoms with Crippen molar-refractivity contribution in [3.63, 3.8) is 0 Å². The van der Waals surface area contributed by atoms with Crippen LogP contribution in [0.1, 0.15) is 28.5 Å². The Kier molecular flexibility index (Phi) is 5.39. The highest BCUT2D eigenvalue weighted by atomic mass is 32.2. The maximum absolute atomic E-state index is 12.8. The highest BCUT2D eigenvalue weighted by molar-refractivity contribution is 7.98. The highest BCUT2D eigenvalue weighted by Gasteiger charge is 2.27. The molecule has 0 unspecified atom stereocenters. The highest BCUT2D eigenvalue weighted by Crippen LogP contribution is 2.42. The maximum Gasteiger partial charge on any atom is 0.272 e. The molecule has 3 aromatic rings. The summed E-state index contributed by atoms with van der Waals surface area (Å²) in [7, 11) is 1.91. The third kappa shape index (κ3) is 3.64. The normalized spacial score (nSPS) is 12.2. The Bertz CT molecular complexity index is 996. The molecule has 144 valence electrons. The van der Waals surface area contributed by atoms with E-state index in [1.165, 1.54) is 4.90 Å². The number of amides is 1. The lowest BCUT2D eigenvalue weighted by molar-refractivity contribution is 0.0947. The van der Waals surface area contributed by atoms with Crippen LogP contribution < -0.4 is 10.1 Å². The van der Waals surface area contributed by atoms with Crippen LogP contribution in [0.25, 0.3) is 11.3 Å². The minimum Gasteiger partial charge on any atom is -0.494 e. The molecule has 0 fully saturated rings. The van der Waals surface area contributed by atoms with Crippen LogP contribution in [0, 0.1) is 0 Å². The van der Waals surface area contributed by atoms with Crippen LogP contribution in [-0.4, -0.2) is 28.8 Å². The van der Waals surface area contributed by atoms with Gasteiger partial charge in [0.15, 0.2) is 5.69 Å². The number of carbonyl (C=O) groups is 1. The van der Waals surface area contributed by atoms with Crippen LogP contribution in [0.2, 0.25) is 0 Å². The summed E-state index contributed by atoms with van der Waals surface area (Å²) in [6.07, 6.45) is 0.769. The minimum atomic E-state index is -0.109. The van der Waals surface area contributed by atoms with Crippen molar-refractivity contribution in [2.45, 2.75) is 24.0 Å². The van der Waals surface area contributed by atoms with E-state index >= 15 is 0 Å². The summed E-state index contributed by atoms with van der Waals surface area (Å²) in [5, 5.41) is 7.54. The first-order chi connectivity index (χ1) is 13.7. The molecule has 0 spiro atoms. The van der Waals surface area contributed by atoms with Crippen LogP contribution in [0.4, 0.5) is 0 Å². The molecule has 0 bridgehead atoms. The zero-order valence-electron chi connectivity index (χ0n) is 16.1. The van der Waals surface area contributed by atoms with E-state index in [1.54, 1.807) is 11.8 Å². The van der Waals surface area contributed by atoms with Gasteiger partial charge < -0.3 is 10.1 Å². The van der Waals surface area contributed by atoms with Crippen LogP contribution >= 0.6 is 11.8 Å². The summed E-state index contributed by atoms with van der Waals surface area (Å²) >= 11 is 1.76. The fraction of sp³-hybridized carbons (Fsp3) is 0.273. The fourth-order valence-corrected chi connectivity index (χ4v) is 4.55. The Morgan fingerprint density at radius 1 is 1.21 bits per heavy atom. The first-order valence-corrected chi connectivity index (χ1v) is 10.4. The molecule has 1 aliphatic rings. The van der Waals surface area contributed by atoms with E-state index < -0.39 is 0 Å².